The molecule has 170 valence electrons. The average molecular weight is 443 g/mol. The fraction of sp³-hybridized carbons (Fsp3) is 0.429. The molecule has 0 saturated carbocycles. The maximum Gasteiger partial charge on any atom is 0.289 e. The Morgan fingerprint density at radius 1 is 0.879 bits per heavy atom. The van der Waals surface area contributed by atoms with Crippen LogP contribution in [0.25, 0.3) is 5.70 Å². The largest absolute Gasteiger partial charge is 0.754 e. The number of hydrogen-bond donors (Lipinski definition) is 0. The molecule has 6 rings (SSSR count). The lowest BCUT2D eigenvalue weighted by molar-refractivity contribution is -0.397. The van der Waals surface area contributed by atoms with Crippen molar-refractivity contribution < 1.29 is 9.50 Å². The molecule has 5 nitrogen and oxygen atoms in total. The van der Waals surface area contributed by atoms with E-state index >= 15 is 0 Å². The molecule has 5 aliphatic rings. The van der Waals surface area contributed by atoms with Gasteiger partial charge in [-0.15, -0.1) is 0 Å². The molecule has 3 aliphatic heterocycles. The first-order valence-electron chi connectivity index (χ1n) is 12.5. The lowest BCUT2D eigenvalue weighted by atomic mass is 9.81. The van der Waals surface area contributed by atoms with E-state index in [9.17, 15) is 10.1 Å². The molecule has 1 aromatic carbocycles. The second kappa shape index (κ2) is 8.54. The van der Waals surface area contributed by atoms with Gasteiger partial charge in [0, 0.05) is 28.9 Å². The van der Waals surface area contributed by atoms with E-state index in [0.717, 1.165) is 90.7 Å². The number of hydroxylamine groups is 2. The molecule has 5 heteroatoms. The lowest BCUT2D eigenvalue weighted by Gasteiger charge is -2.43. The van der Waals surface area contributed by atoms with Gasteiger partial charge in [0.25, 0.3) is 11.4 Å². The molecule has 0 aromatic heterocycles. The smallest absolute Gasteiger partial charge is 0.289 e. The standard InChI is InChI=1S/C28H30N2O3/c31-29-24(19-9-2-1-3-10-19)17-20-11-4-6-13-22(20)27(29)28-23-14-7-5-12-21(23)18-25(30(28)32)26-15-8-16-33-26/h1-3,9-10,17-18,26H,4-8,11-16H2. The van der Waals surface area contributed by atoms with Gasteiger partial charge in [0.15, 0.2) is 0 Å². The summed E-state index contributed by atoms with van der Waals surface area (Å²) in [5.74, 6) is 0. The third kappa shape index (κ3) is 3.54. The van der Waals surface area contributed by atoms with Crippen molar-refractivity contribution in [2.45, 2.75) is 70.3 Å². The lowest BCUT2D eigenvalue weighted by Crippen LogP contribution is -2.33. The van der Waals surface area contributed by atoms with Crippen LogP contribution in [-0.4, -0.2) is 22.5 Å². The number of allylic oxidation sites excluding steroid dienone is 6. The number of hydrogen-bond acceptors (Lipinski definition) is 4. The number of ether oxygens (including phenoxy) is 1. The molecule has 1 aromatic rings. The molecule has 0 bridgehead atoms. The minimum absolute atomic E-state index is 0.179. The van der Waals surface area contributed by atoms with Crippen LogP contribution >= 0.6 is 0 Å². The van der Waals surface area contributed by atoms with Crippen LogP contribution in [0.4, 0.5) is 0 Å². The highest BCUT2D eigenvalue weighted by Crippen LogP contribution is 2.47. The van der Waals surface area contributed by atoms with Crippen molar-refractivity contribution in [2.24, 2.45) is 0 Å². The van der Waals surface area contributed by atoms with E-state index < -0.39 is 0 Å². The van der Waals surface area contributed by atoms with Crippen molar-refractivity contribution in [3.05, 3.63) is 97.5 Å². The van der Waals surface area contributed by atoms with Crippen molar-refractivity contribution in [3.63, 3.8) is 0 Å². The molecule has 0 N–H and O–H groups in total. The van der Waals surface area contributed by atoms with Gasteiger partial charge in [0.05, 0.1) is 16.4 Å². The maximum absolute atomic E-state index is 14.0. The van der Waals surface area contributed by atoms with Crippen molar-refractivity contribution in [1.29, 1.82) is 0 Å². The van der Waals surface area contributed by atoms with E-state index in [1.54, 1.807) is 0 Å². The van der Waals surface area contributed by atoms with Crippen molar-refractivity contribution >= 4 is 5.70 Å². The predicted octanol–water partition coefficient (Wildman–Crippen LogP) is 6.65. The minimum Gasteiger partial charge on any atom is -0.754 e. The average Bonchev–Trinajstić information content (AvgIpc) is 3.39. The zero-order chi connectivity index (χ0) is 22.4. The second-order valence-corrected chi connectivity index (χ2v) is 9.67. The van der Waals surface area contributed by atoms with Gasteiger partial charge >= 0.3 is 0 Å². The molecule has 1 fully saturated rings. The molecular formula is C28H30N2O3. The normalized spacial score (nSPS) is 28.0. The zero-order valence-electron chi connectivity index (χ0n) is 19.0. The fourth-order valence-electron chi connectivity index (χ4n) is 5.99. The van der Waals surface area contributed by atoms with Crippen LogP contribution in [0, 0.1) is 10.1 Å². The molecular weight excluding hydrogens is 412 g/mol. The summed E-state index contributed by atoms with van der Waals surface area (Å²) in [6, 6.07) is 9.84. The van der Waals surface area contributed by atoms with Gasteiger partial charge in [-0.3, -0.25) is 0 Å². The van der Waals surface area contributed by atoms with E-state index in [4.69, 9.17) is 4.74 Å². The number of rotatable bonds is 2. The molecule has 0 spiro atoms. The Kier molecular flexibility index (Phi) is 5.39. The Labute approximate surface area is 195 Å². The zero-order valence-corrected chi connectivity index (χ0v) is 19.0. The Morgan fingerprint density at radius 3 is 2.30 bits per heavy atom. The monoisotopic (exact) mass is 442 g/mol. The van der Waals surface area contributed by atoms with Crippen molar-refractivity contribution in [2.75, 3.05) is 6.61 Å². The molecule has 1 atom stereocenters. The fourth-order valence-corrected chi connectivity index (χ4v) is 5.99. The maximum atomic E-state index is 14.0. The van der Waals surface area contributed by atoms with Crippen molar-refractivity contribution in [1.82, 2.24) is 5.06 Å². The quantitative estimate of drug-likeness (QED) is 0.481. The summed E-state index contributed by atoms with van der Waals surface area (Å²) in [7, 11) is 0. The molecule has 1 unspecified atom stereocenters. The van der Waals surface area contributed by atoms with Gasteiger partial charge in [0.2, 0.25) is 0 Å². The van der Waals surface area contributed by atoms with E-state index in [-0.39, 0.29) is 6.10 Å². The Morgan fingerprint density at radius 2 is 1.58 bits per heavy atom. The summed E-state index contributed by atoms with van der Waals surface area (Å²) in [5.41, 5.74) is 7.96. The van der Waals surface area contributed by atoms with E-state index in [1.807, 2.05) is 30.3 Å². The van der Waals surface area contributed by atoms with Gasteiger partial charge in [-0.25, -0.2) is 0 Å². The van der Waals surface area contributed by atoms with Crippen LogP contribution in [0.3, 0.4) is 0 Å². The van der Waals surface area contributed by atoms with Gasteiger partial charge in [0.1, 0.15) is 5.70 Å². The van der Waals surface area contributed by atoms with E-state index in [2.05, 4.69) is 12.2 Å². The van der Waals surface area contributed by atoms with Gasteiger partial charge in [-0.05, 0) is 99.1 Å². The Balaban J connectivity index is 1.56. The first kappa shape index (κ1) is 20.8. The summed E-state index contributed by atoms with van der Waals surface area (Å²) in [6.07, 6.45) is 13.8. The number of nitrogens with zero attached hydrogens (tertiary/aromatic N) is 2. The highest BCUT2D eigenvalue weighted by molar-refractivity contribution is 5.67. The molecule has 33 heavy (non-hydrogen) atoms. The van der Waals surface area contributed by atoms with E-state index in [0.29, 0.717) is 29.4 Å². The number of nitroso groups, excluding NO2 is 1. The van der Waals surface area contributed by atoms with Crippen LogP contribution in [0.5, 0.6) is 0 Å². The highest BCUT2D eigenvalue weighted by atomic mass is 16.5. The summed E-state index contributed by atoms with van der Waals surface area (Å²) in [4.78, 5) is 14.0. The second-order valence-electron chi connectivity index (χ2n) is 9.67. The summed E-state index contributed by atoms with van der Waals surface area (Å²) < 4.78 is 6.98. The van der Waals surface area contributed by atoms with Crippen LogP contribution < -0.4 is 0 Å². The van der Waals surface area contributed by atoms with Gasteiger partial charge in [-0.1, -0.05) is 18.2 Å². The Bertz CT molecular complexity index is 1150. The molecule has 2 aliphatic carbocycles. The topological polar surface area (TPSA) is 55.6 Å². The predicted molar refractivity (Wildman–Crippen MR) is 128 cm³/mol. The SMILES string of the molecule is O=[N+]1C(c2ccccc2)=CC2=C(CCCC2)C1=C1C2=C(C=C(C3CCCO3)N1[O-])CCCC2. The molecule has 0 amide bonds. The number of benzene rings is 1. The Hall–Kier alpha value is -2.76. The van der Waals surface area contributed by atoms with Crippen LogP contribution in [0.1, 0.15) is 69.8 Å². The molecule has 3 heterocycles. The van der Waals surface area contributed by atoms with Crippen LogP contribution in [-0.2, 0) is 4.74 Å². The van der Waals surface area contributed by atoms with Crippen LogP contribution in [0.2, 0.25) is 0 Å². The van der Waals surface area contributed by atoms with E-state index in [1.165, 1.54) is 11.1 Å². The summed E-state index contributed by atoms with van der Waals surface area (Å²) in [5, 5.41) is 15.1. The summed E-state index contributed by atoms with van der Waals surface area (Å²) >= 11 is 0. The first-order chi connectivity index (χ1) is 16.2. The van der Waals surface area contributed by atoms with Gasteiger partial charge in [-0.2, -0.15) is 0 Å². The minimum atomic E-state index is -0.179. The van der Waals surface area contributed by atoms with Crippen molar-refractivity contribution in [3.8, 4) is 0 Å². The summed E-state index contributed by atoms with van der Waals surface area (Å²) in [6.45, 7) is 0.692. The molecule has 1 saturated heterocycles. The first-order valence-corrected chi connectivity index (χ1v) is 12.5. The van der Waals surface area contributed by atoms with Crippen LogP contribution in [0.15, 0.2) is 81.9 Å². The highest BCUT2D eigenvalue weighted by Gasteiger charge is 2.42. The van der Waals surface area contributed by atoms with Gasteiger partial charge < -0.3 is 15.0 Å². The third-order valence-corrected chi connectivity index (χ3v) is 7.64. The molecule has 0 radical (unpaired) electrons. The third-order valence-electron chi connectivity index (χ3n) is 7.64.